The Kier molecular flexibility index (Phi) is 3.44. The molecule has 0 aliphatic heterocycles. The topological polar surface area (TPSA) is 22.1 Å². The molecule has 1 aromatic rings. The smallest absolute Gasteiger partial charge is 0.148 e. The van der Waals surface area contributed by atoms with Crippen LogP contribution in [-0.2, 0) is 0 Å². The molecule has 0 aliphatic rings. The van der Waals surface area contributed by atoms with E-state index in [9.17, 15) is 4.39 Å². The summed E-state index contributed by atoms with van der Waals surface area (Å²) in [5.41, 5.74) is 0.515. The first-order valence-corrected chi connectivity index (χ1v) is 4.75. The van der Waals surface area contributed by atoms with E-state index < -0.39 is 0 Å². The molecule has 0 bridgehead atoms. The van der Waals surface area contributed by atoms with Crippen molar-refractivity contribution in [1.29, 1.82) is 0 Å². The second kappa shape index (κ2) is 4.40. The molecule has 0 aliphatic carbocycles. The van der Waals surface area contributed by atoms with Crippen molar-refractivity contribution in [2.45, 2.75) is 26.7 Å². The Labute approximate surface area is 84.1 Å². The number of rotatable bonds is 3. The molecule has 1 rings (SSSR count). The molecule has 0 fully saturated rings. The van der Waals surface area contributed by atoms with Crippen molar-refractivity contribution < 1.29 is 9.13 Å². The van der Waals surface area contributed by atoms with Crippen LogP contribution >= 0.6 is 0 Å². The molecule has 1 aromatic heterocycles. The fraction of sp³-hybridized carbons (Fsp3) is 0.545. The van der Waals surface area contributed by atoms with Crippen molar-refractivity contribution in [3.63, 3.8) is 0 Å². The molecule has 0 saturated carbocycles. The minimum atomic E-state index is -0.287. The fourth-order valence-electron chi connectivity index (χ4n) is 1.19. The standard InChI is InChI=1S/C11H16FNO/c1-7(2)8(3)11-10(12)5-9(14-4)6-13-11/h5-8H,1-4H3. The Morgan fingerprint density at radius 3 is 2.43 bits per heavy atom. The van der Waals surface area contributed by atoms with Crippen LogP contribution in [0.3, 0.4) is 0 Å². The predicted molar refractivity (Wildman–Crippen MR) is 54.0 cm³/mol. The SMILES string of the molecule is COc1cnc(C(C)C(C)C)c(F)c1. The molecule has 1 unspecified atom stereocenters. The van der Waals surface area contributed by atoms with Gasteiger partial charge in [-0.1, -0.05) is 20.8 Å². The molecule has 0 saturated heterocycles. The number of methoxy groups -OCH3 is 1. The molecular formula is C11H16FNO. The van der Waals surface area contributed by atoms with Gasteiger partial charge in [0.25, 0.3) is 0 Å². The van der Waals surface area contributed by atoms with Gasteiger partial charge in [0.2, 0.25) is 0 Å². The Hall–Kier alpha value is -1.12. The average Bonchev–Trinajstić information content (AvgIpc) is 2.16. The van der Waals surface area contributed by atoms with Crippen LogP contribution in [0.1, 0.15) is 32.4 Å². The molecule has 1 atom stereocenters. The summed E-state index contributed by atoms with van der Waals surface area (Å²) in [7, 11) is 1.50. The van der Waals surface area contributed by atoms with Gasteiger partial charge in [-0.15, -0.1) is 0 Å². The zero-order chi connectivity index (χ0) is 10.7. The van der Waals surface area contributed by atoms with Gasteiger partial charge in [0, 0.05) is 12.0 Å². The molecule has 3 heteroatoms. The zero-order valence-corrected chi connectivity index (χ0v) is 9.04. The fourth-order valence-corrected chi connectivity index (χ4v) is 1.19. The first-order chi connectivity index (χ1) is 6.56. The minimum absolute atomic E-state index is 0.126. The van der Waals surface area contributed by atoms with E-state index in [1.165, 1.54) is 13.2 Å². The highest BCUT2D eigenvalue weighted by Crippen LogP contribution is 2.25. The van der Waals surface area contributed by atoms with E-state index in [0.717, 1.165) is 0 Å². The Morgan fingerprint density at radius 1 is 1.36 bits per heavy atom. The summed E-state index contributed by atoms with van der Waals surface area (Å²) in [5.74, 6) is 0.680. The van der Waals surface area contributed by atoms with Gasteiger partial charge in [0.05, 0.1) is 19.0 Å². The lowest BCUT2D eigenvalue weighted by Crippen LogP contribution is -2.07. The lowest BCUT2D eigenvalue weighted by atomic mass is 9.94. The van der Waals surface area contributed by atoms with Crippen molar-refractivity contribution in [3.05, 3.63) is 23.8 Å². The third-order valence-electron chi connectivity index (χ3n) is 2.51. The summed E-state index contributed by atoms with van der Waals surface area (Å²) in [5, 5.41) is 0. The van der Waals surface area contributed by atoms with Crippen LogP contribution < -0.4 is 4.74 Å². The predicted octanol–water partition coefficient (Wildman–Crippen LogP) is 2.99. The Morgan fingerprint density at radius 2 is 2.00 bits per heavy atom. The van der Waals surface area contributed by atoms with Gasteiger partial charge in [0.15, 0.2) is 0 Å². The van der Waals surface area contributed by atoms with E-state index in [-0.39, 0.29) is 11.7 Å². The zero-order valence-electron chi connectivity index (χ0n) is 9.04. The monoisotopic (exact) mass is 197 g/mol. The first-order valence-electron chi connectivity index (χ1n) is 4.75. The maximum absolute atomic E-state index is 13.5. The lowest BCUT2D eigenvalue weighted by Gasteiger charge is -2.15. The Balaban J connectivity index is 2.99. The second-order valence-corrected chi connectivity index (χ2v) is 3.77. The number of hydrogen-bond acceptors (Lipinski definition) is 2. The first kappa shape index (κ1) is 11.0. The van der Waals surface area contributed by atoms with Crippen molar-refractivity contribution in [1.82, 2.24) is 4.98 Å². The largest absolute Gasteiger partial charge is 0.495 e. The van der Waals surface area contributed by atoms with Gasteiger partial charge in [0.1, 0.15) is 11.6 Å². The van der Waals surface area contributed by atoms with Gasteiger partial charge < -0.3 is 4.74 Å². The number of hydrogen-bond donors (Lipinski definition) is 0. The number of pyridine rings is 1. The minimum Gasteiger partial charge on any atom is -0.495 e. The Bertz CT molecular complexity index is 312. The molecule has 0 aromatic carbocycles. The van der Waals surface area contributed by atoms with Crippen LogP contribution in [0.5, 0.6) is 5.75 Å². The van der Waals surface area contributed by atoms with Crippen molar-refractivity contribution >= 4 is 0 Å². The van der Waals surface area contributed by atoms with E-state index in [1.807, 2.05) is 6.92 Å². The van der Waals surface area contributed by atoms with Crippen molar-refractivity contribution in [2.75, 3.05) is 7.11 Å². The van der Waals surface area contributed by atoms with Crippen LogP contribution in [0, 0.1) is 11.7 Å². The molecular weight excluding hydrogens is 181 g/mol. The van der Waals surface area contributed by atoms with Gasteiger partial charge in [-0.25, -0.2) is 4.39 Å². The van der Waals surface area contributed by atoms with Gasteiger partial charge in [-0.2, -0.15) is 0 Å². The molecule has 0 spiro atoms. The lowest BCUT2D eigenvalue weighted by molar-refractivity contribution is 0.404. The summed E-state index contributed by atoms with van der Waals surface area (Å²) >= 11 is 0. The van der Waals surface area contributed by atoms with Crippen molar-refractivity contribution in [2.24, 2.45) is 5.92 Å². The highest BCUT2D eigenvalue weighted by Gasteiger charge is 2.16. The molecule has 1 heterocycles. The molecule has 0 N–H and O–H groups in total. The average molecular weight is 197 g/mol. The summed E-state index contributed by atoms with van der Waals surface area (Å²) in [6.45, 7) is 6.08. The van der Waals surface area contributed by atoms with E-state index in [0.29, 0.717) is 17.4 Å². The quantitative estimate of drug-likeness (QED) is 0.743. The third-order valence-corrected chi connectivity index (χ3v) is 2.51. The van der Waals surface area contributed by atoms with Crippen LogP contribution in [0.25, 0.3) is 0 Å². The number of halogens is 1. The summed E-state index contributed by atoms with van der Waals surface area (Å²) in [6, 6.07) is 1.38. The molecule has 2 nitrogen and oxygen atoms in total. The van der Waals surface area contributed by atoms with E-state index in [1.54, 1.807) is 6.20 Å². The van der Waals surface area contributed by atoms with Gasteiger partial charge in [-0.05, 0) is 5.92 Å². The summed E-state index contributed by atoms with van der Waals surface area (Å²) in [6.07, 6.45) is 1.55. The van der Waals surface area contributed by atoms with E-state index in [4.69, 9.17) is 4.74 Å². The maximum atomic E-state index is 13.5. The number of nitrogens with zero attached hydrogens (tertiary/aromatic N) is 1. The molecule has 0 amide bonds. The number of ether oxygens (including phenoxy) is 1. The molecule has 78 valence electrons. The molecule has 0 radical (unpaired) electrons. The molecule has 14 heavy (non-hydrogen) atoms. The van der Waals surface area contributed by atoms with E-state index in [2.05, 4.69) is 18.8 Å². The summed E-state index contributed by atoms with van der Waals surface area (Å²) in [4.78, 5) is 4.07. The third kappa shape index (κ3) is 2.22. The van der Waals surface area contributed by atoms with Crippen LogP contribution in [0.15, 0.2) is 12.3 Å². The normalized spacial score (nSPS) is 13.0. The number of aromatic nitrogens is 1. The van der Waals surface area contributed by atoms with E-state index >= 15 is 0 Å². The maximum Gasteiger partial charge on any atom is 0.148 e. The van der Waals surface area contributed by atoms with Gasteiger partial charge in [-0.3, -0.25) is 4.98 Å². The van der Waals surface area contributed by atoms with Gasteiger partial charge >= 0.3 is 0 Å². The van der Waals surface area contributed by atoms with Crippen LogP contribution in [0.2, 0.25) is 0 Å². The highest BCUT2D eigenvalue weighted by molar-refractivity contribution is 5.23. The highest BCUT2D eigenvalue weighted by atomic mass is 19.1. The summed E-state index contributed by atoms with van der Waals surface area (Å²) < 4.78 is 18.4. The second-order valence-electron chi connectivity index (χ2n) is 3.77. The van der Waals surface area contributed by atoms with Crippen LogP contribution in [0.4, 0.5) is 4.39 Å². The van der Waals surface area contributed by atoms with Crippen LogP contribution in [-0.4, -0.2) is 12.1 Å². The van der Waals surface area contributed by atoms with Crippen molar-refractivity contribution in [3.8, 4) is 5.75 Å².